The molecule has 0 aliphatic rings. The normalized spacial score (nSPS) is 11.4. The van der Waals surface area contributed by atoms with Crippen LogP contribution in [0.1, 0.15) is 122 Å². The Morgan fingerprint density at radius 3 is 1.30 bits per heavy atom. The highest BCUT2D eigenvalue weighted by Crippen LogP contribution is 2.15. The quantitative estimate of drug-likeness (QED) is 0.160. The first-order valence-electron chi connectivity index (χ1n) is 13.0. The topological polar surface area (TPSA) is 0 Å². The molecule has 0 aliphatic heterocycles. The molecule has 0 spiro atoms. The molecule has 1 aromatic carbocycles. The fourth-order valence-corrected chi connectivity index (χ4v) is 4.42. The average molecular weight is 483 g/mol. The van der Waals surface area contributed by atoms with Gasteiger partial charge in [-0.05, 0) is 12.8 Å². The van der Waals surface area contributed by atoms with Crippen LogP contribution >= 0.6 is 0 Å². The summed E-state index contributed by atoms with van der Waals surface area (Å²) in [5.41, 5.74) is 1.46. The second kappa shape index (κ2) is 20.6. The maximum Gasteiger partial charge on any atom is 0.104 e. The fraction of sp³-hybridized carbons (Fsp3) is 0.786. The molecule has 1 rings (SSSR count). The Bertz CT molecular complexity index is 457. The van der Waals surface area contributed by atoms with Gasteiger partial charge in [0.2, 0.25) is 0 Å². The van der Waals surface area contributed by atoms with E-state index in [1.165, 1.54) is 121 Å². The molecule has 0 saturated heterocycles. The van der Waals surface area contributed by atoms with Crippen molar-refractivity contribution in [3.63, 3.8) is 0 Å². The van der Waals surface area contributed by atoms with Crippen molar-refractivity contribution in [3.05, 3.63) is 35.9 Å². The van der Waals surface area contributed by atoms with E-state index in [4.69, 9.17) is 0 Å². The highest BCUT2D eigenvalue weighted by Gasteiger charge is 2.14. The highest BCUT2D eigenvalue weighted by atomic mass is 79.9. The molecule has 0 N–H and O–H groups in total. The molecule has 176 valence electrons. The van der Waals surface area contributed by atoms with Gasteiger partial charge in [-0.3, -0.25) is 0 Å². The van der Waals surface area contributed by atoms with Gasteiger partial charge in [0.15, 0.2) is 0 Å². The van der Waals surface area contributed by atoms with Crippen LogP contribution in [-0.2, 0) is 6.54 Å². The van der Waals surface area contributed by atoms with Gasteiger partial charge >= 0.3 is 0 Å². The Labute approximate surface area is 200 Å². The number of hydrogen-bond acceptors (Lipinski definition) is 0. The number of hydrogen-bond donors (Lipinski definition) is 0. The lowest BCUT2D eigenvalue weighted by molar-refractivity contribution is -0.903. The van der Waals surface area contributed by atoms with E-state index in [1.807, 2.05) is 0 Å². The Morgan fingerprint density at radius 1 is 0.533 bits per heavy atom. The second-order valence-electron chi connectivity index (χ2n) is 9.96. The fourth-order valence-electron chi connectivity index (χ4n) is 4.42. The summed E-state index contributed by atoms with van der Waals surface area (Å²) < 4.78 is 1.11. The SMILES string of the molecule is CCCCCCCCCCCCCCCCCCC[N+](C)(C)Cc1ccccc1.[Br-]. The van der Waals surface area contributed by atoms with Crippen molar-refractivity contribution in [2.24, 2.45) is 0 Å². The molecule has 30 heavy (non-hydrogen) atoms. The third-order valence-corrected chi connectivity index (χ3v) is 6.32. The van der Waals surface area contributed by atoms with Gasteiger partial charge < -0.3 is 21.5 Å². The third-order valence-electron chi connectivity index (χ3n) is 6.32. The van der Waals surface area contributed by atoms with E-state index in [1.54, 1.807) is 0 Å². The minimum Gasteiger partial charge on any atom is -1.00 e. The highest BCUT2D eigenvalue weighted by molar-refractivity contribution is 5.13. The molecular formula is C28H52BrN. The zero-order valence-corrected chi connectivity index (χ0v) is 22.2. The lowest BCUT2D eigenvalue weighted by Gasteiger charge is -2.30. The largest absolute Gasteiger partial charge is 1.00 e. The van der Waals surface area contributed by atoms with Gasteiger partial charge in [-0.15, -0.1) is 0 Å². The predicted molar refractivity (Wildman–Crippen MR) is 131 cm³/mol. The van der Waals surface area contributed by atoms with Crippen LogP contribution in [0.2, 0.25) is 0 Å². The van der Waals surface area contributed by atoms with Crippen molar-refractivity contribution in [3.8, 4) is 0 Å². The Hall–Kier alpha value is -0.340. The van der Waals surface area contributed by atoms with E-state index in [9.17, 15) is 0 Å². The summed E-state index contributed by atoms with van der Waals surface area (Å²) in [6, 6.07) is 10.9. The second-order valence-corrected chi connectivity index (χ2v) is 9.96. The molecule has 0 bridgehead atoms. The maximum atomic E-state index is 2.37. The summed E-state index contributed by atoms with van der Waals surface area (Å²) >= 11 is 0. The van der Waals surface area contributed by atoms with Gasteiger partial charge in [0.1, 0.15) is 6.54 Å². The first-order valence-corrected chi connectivity index (χ1v) is 13.0. The molecule has 2 heteroatoms. The van der Waals surface area contributed by atoms with Crippen LogP contribution in [0.3, 0.4) is 0 Å². The van der Waals surface area contributed by atoms with Crippen LogP contribution in [-0.4, -0.2) is 25.1 Å². The van der Waals surface area contributed by atoms with Gasteiger partial charge in [-0.1, -0.05) is 134 Å². The van der Waals surface area contributed by atoms with Gasteiger partial charge in [0, 0.05) is 5.56 Å². The summed E-state index contributed by atoms with van der Waals surface area (Å²) in [6.07, 6.45) is 24.6. The zero-order valence-electron chi connectivity index (χ0n) is 20.6. The summed E-state index contributed by atoms with van der Waals surface area (Å²) in [5, 5.41) is 0. The number of halogens is 1. The van der Waals surface area contributed by atoms with Crippen molar-refractivity contribution in [1.82, 2.24) is 0 Å². The van der Waals surface area contributed by atoms with Gasteiger partial charge in [-0.25, -0.2) is 0 Å². The minimum absolute atomic E-state index is 0. The van der Waals surface area contributed by atoms with Crippen LogP contribution in [0.4, 0.5) is 0 Å². The number of unbranched alkanes of at least 4 members (excludes halogenated alkanes) is 16. The van der Waals surface area contributed by atoms with E-state index in [2.05, 4.69) is 51.4 Å². The van der Waals surface area contributed by atoms with Crippen molar-refractivity contribution in [1.29, 1.82) is 0 Å². The van der Waals surface area contributed by atoms with E-state index >= 15 is 0 Å². The van der Waals surface area contributed by atoms with E-state index in [0.717, 1.165) is 11.0 Å². The predicted octanol–water partition coefficient (Wildman–Crippen LogP) is 5.92. The van der Waals surface area contributed by atoms with Gasteiger partial charge in [-0.2, -0.15) is 0 Å². The molecular weight excluding hydrogens is 430 g/mol. The smallest absolute Gasteiger partial charge is 0.104 e. The zero-order chi connectivity index (χ0) is 21.0. The number of benzene rings is 1. The van der Waals surface area contributed by atoms with Crippen molar-refractivity contribution in [2.75, 3.05) is 20.6 Å². The standard InChI is InChI=1S/C28H52N.BrH/c1-4-5-6-7-8-9-10-11-12-13-14-15-16-17-18-19-23-26-29(2,3)27-28-24-21-20-22-25-28;/h20-22,24-25H,4-19,23,26-27H2,1-3H3;1H/q+1;/p-1. The van der Waals surface area contributed by atoms with Crippen molar-refractivity contribution < 1.29 is 21.5 Å². The first kappa shape index (κ1) is 29.7. The molecule has 1 aromatic rings. The number of rotatable bonds is 20. The van der Waals surface area contributed by atoms with Gasteiger partial charge in [0.25, 0.3) is 0 Å². The summed E-state index contributed by atoms with van der Waals surface area (Å²) in [5.74, 6) is 0. The Kier molecular flexibility index (Phi) is 20.3. The Morgan fingerprint density at radius 2 is 0.900 bits per heavy atom. The molecule has 0 amide bonds. The van der Waals surface area contributed by atoms with Crippen LogP contribution in [0, 0.1) is 0 Å². The summed E-state index contributed by atoms with van der Waals surface area (Å²) in [7, 11) is 4.75. The average Bonchev–Trinajstić information content (AvgIpc) is 2.70. The summed E-state index contributed by atoms with van der Waals surface area (Å²) in [6.45, 7) is 4.75. The van der Waals surface area contributed by atoms with Crippen LogP contribution < -0.4 is 17.0 Å². The molecule has 0 aliphatic carbocycles. The molecule has 0 unspecified atom stereocenters. The van der Waals surface area contributed by atoms with Crippen LogP contribution in [0.15, 0.2) is 30.3 Å². The van der Waals surface area contributed by atoms with Gasteiger partial charge in [0.05, 0.1) is 20.6 Å². The van der Waals surface area contributed by atoms with Crippen molar-refractivity contribution in [2.45, 2.75) is 123 Å². The van der Waals surface area contributed by atoms with Crippen LogP contribution in [0.25, 0.3) is 0 Å². The first-order chi connectivity index (χ1) is 14.1. The lowest BCUT2D eigenvalue weighted by Crippen LogP contribution is -3.00. The van der Waals surface area contributed by atoms with E-state index < -0.39 is 0 Å². The van der Waals surface area contributed by atoms with E-state index in [0.29, 0.717) is 0 Å². The van der Waals surface area contributed by atoms with E-state index in [-0.39, 0.29) is 17.0 Å². The molecule has 0 heterocycles. The number of quaternary nitrogens is 1. The minimum atomic E-state index is 0. The molecule has 0 fully saturated rings. The Balaban J connectivity index is 0.00000841. The lowest BCUT2D eigenvalue weighted by atomic mass is 10.0. The third kappa shape index (κ3) is 18.4. The molecule has 0 aromatic heterocycles. The molecule has 0 atom stereocenters. The molecule has 0 radical (unpaired) electrons. The van der Waals surface area contributed by atoms with Crippen molar-refractivity contribution >= 4 is 0 Å². The van der Waals surface area contributed by atoms with Crippen LogP contribution in [0.5, 0.6) is 0 Å². The maximum absolute atomic E-state index is 2.37. The summed E-state index contributed by atoms with van der Waals surface area (Å²) in [4.78, 5) is 0. The molecule has 0 saturated carbocycles. The number of nitrogens with zero attached hydrogens (tertiary/aromatic N) is 1. The molecule has 1 nitrogen and oxygen atoms in total. The monoisotopic (exact) mass is 481 g/mol.